The van der Waals surface area contributed by atoms with Crippen molar-refractivity contribution in [3.8, 4) is 0 Å². The number of rotatable bonds is 5. The molecule has 1 amide bonds. The SMILES string of the molecule is CCCC1(C(=O)N(C)Cc2cc(C)on2)CCNC1. The molecule has 0 radical (unpaired) electrons. The lowest BCUT2D eigenvalue weighted by Gasteiger charge is -2.31. The molecule has 1 saturated heterocycles. The minimum Gasteiger partial charge on any atom is -0.361 e. The highest BCUT2D eigenvalue weighted by atomic mass is 16.5. The molecule has 2 rings (SSSR count). The lowest BCUT2D eigenvalue weighted by Crippen LogP contribution is -2.43. The molecule has 1 aromatic rings. The van der Waals surface area contributed by atoms with Crippen molar-refractivity contribution in [2.75, 3.05) is 20.1 Å². The quantitative estimate of drug-likeness (QED) is 0.880. The molecule has 2 heterocycles. The molecule has 1 aromatic heterocycles. The highest BCUT2D eigenvalue weighted by Crippen LogP contribution is 2.33. The second-order valence-electron chi connectivity index (χ2n) is 5.55. The highest BCUT2D eigenvalue weighted by molar-refractivity contribution is 5.83. The van der Waals surface area contributed by atoms with Crippen LogP contribution in [0.1, 0.15) is 37.6 Å². The first-order valence-corrected chi connectivity index (χ1v) is 6.96. The lowest BCUT2D eigenvalue weighted by molar-refractivity contribution is -0.140. The summed E-state index contributed by atoms with van der Waals surface area (Å²) in [5.74, 6) is 1.00. The summed E-state index contributed by atoms with van der Waals surface area (Å²) in [6.07, 6.45) is 2.91. The molecule has 1 aliphatic heterocycles. The van der Waals surface area contributed by atoms with Crippen LogP contribution in [0.2, 0.25) is 0 Å². The van der Waals surface area contributed by atoms with Crippen molar-refractivity contribution in [3.63, 3.8) is 0 Å². The molecule has 0 spiro atoms. The van der Waals surface area contributed by atoms with Gasteiger partial charge in [0.15, 0.2) is 0 Å². The van der Waals surface area contributed by atoms with Gasteiger partial charge in [0.1, 0.15) is 11.5 Å². The number of carbonyl (C=O) groups is 1. The zero-order valence-electron chi connectivity index (χ0n) is 12.0. The van der Waals surface area contributed by atoms with Crippen LogP contribution in [0.3, 0.4) is 0 Å². The number of nitrogens with zero attached hydrogens (tertiary/aromatic N) is 2. The standard InChI is InChI=1S/C14H23N3O2/c1-4-5-14(6-7-15-10-14)13(18)17(3)9-12-8-11(2)19-16-12/h8,15H,4-7,9-10H2,1-3H3. The van der Waals surface area contributed by atoms with E-state index in [0.717, 1.165) is 43.8 Å². The van der Waals surface area contributed by atoms with Crippen LogP contribution in [0, 0.1) is 12.3 Å². The monoisotopic (exact) mass is 265 g/mol. The summed E-state index contributed by atoms with van der Waals surface area (Å²) < 4.78 is 5.04. The van der Waals surface area contributed by atoms with Gasteiger partial charge in [-0.05, 0) is 26.3 Å². The van der Waals surface area contributed by atoms with Crippen molar-refractivity contribution < 1.29 is 9.32 Å². The van der Waals surface area contributed by atoms with E-state index in [1.807, 2.05) is 20.0 Å². The van der Waals surface area contributed by atoms with Crippen LogP contribution >= 0.6 is 0 Å². The average Bonchev–Trinajstić information content (AvgIpc) is 2.99. The van der Waals surface area contributed by atoms with E-state index in [1.54, 1.807) is 4.90 Å². The van der Waals surface area contributed by atoms with Crippen LogP contribution in [0.15, 0.2) is 10.6 Å². The molecule has 19 heavy (non-hydrogen) atoms. The molecule has 1 fully saturated rings. The average molecular weight is 265 g/mol. The number of hydrogen-bond donors (Lipinski definition) is 1. The van der Waals surface area contributed by atoms with E-state index in [0.29, 0.717) is 6.54 Å². The Hall–Kier alpha value is -1.36. The lowest BCUT2D eigenvalue weighted by atomic mass is 9.81. The summed E-state index contributed by atoms with van der Waals surface area (Å²) >= 11 is 0. The van der Waals surface area contributed by atoms with Gasteiger partial charge in [-0.15, -0.1) is 0 Å². The molecule has 1 aliphatic rings. The van der Waals surface area contributed by atoms with Crippen molar-refractivity contribution >= 4 is 5.91 Å². The molecule has 1 N–H and O–H groups in total. The Morgan fingerprint density at radius 1 is 1.63 bits per heavy atom. The Bertz CT molecular complexity index is 436. The Labute approximate surface area is 114 Å². The maximum absolute atomic E-state index is 12.7. The summed E-state index contributed by atoms with van der Waals surface area (Å²) in [7, 11) is 1.85. The first kappa shape index (κ1) is 14.1. The van der Waals surface area contributed by atoms with Gasteiger partial charge in [-0.1, -0.05) is 18.5 Å². The number of hydrogen-bond acceptors (Lipinski definition) is 4. The van der Waals surface area contributed by atoms with Crippen LogP contribution in [-0.2, 0) is 11.3 Å². The van der Waals surface area contributed by atoms with Gasteiger partial charge in [-0.2, -0.15) is 0 Å². The maximum atomic E-state index is 12.7. The van der Waals surface area contributed by atoms with E-state index in [2.05, 4.69) is 17.4 Å². The van der Waals surface area contributed by atoms with E-state index in [1.165, 1.54) is 0 Å². The van der Waals surface area contributed by atoms with Crippen LogP contribution < -0.4 is 5.32 Å². The van der Waals surface area contributed by atoms with E-state index < -0.39 is 0 Å². The Morgan fingerprint density at radius 3 is 2.95 bits per heavy atom. The Kier molecular flexibility index (Phi) is 4.24. The first-order valence-electron chi connectivity index (χ1n) is 6.96. The largest absolute Gasteiger partial charge is 0.361 e. The van der Waals surface area contributed by atoms with Gasteiger partial charge in [0.25, 0.3) is 0 Å². The summed E-state index contributed by atoms with van der Waals surface area (Å²) in [5, 5.41) is 7.27. The van der Waals surface area contributed by atoms with Gasteiger partial charge in [0.05, 0.1) is 12.0 Å². The molecule has 1 unspecified atom stereocenters. The van der Waals surface area contributed by atoms with Crippen molar-refractivity contribution in [1.82, 2.24) is 15.4 Å². The van der Waals surface area contributed by atoms with Crippen molar-refractivity contribution in [3.05, 3.63) is 17.5 Å². The molecule has 0 aliphatic carbocycles. The minimum absolute atomic E-state index is 0.220. The summed E-state index contributed by atoms with van der Waals surface area (Å²) in [6, 6.07) is 1.88. The van der Waals surface area contributed by atoms with Gasteiger partial charge in [-0.3, -0.25) is 4.79 Å². The molecule has 5 heteroatoms. The topological polar surface area (TPSA) is 58.4 Å². The van der Waals surface area contributed by atoms with Gasteiger partial charge >= 0.3 is 0 Å². The molecule has 106 valence electrons. The third-order valence-electron chi connectivity index (χ3n) is 3.85. The predicted octanol–water partition coefficient (Wildman–Crippen LogP) is 1.72. The Balaban J connectivity index is 2.04. The Morgan fingerprint density at radius 2 is 2.42 bits per heavy atom. The third kappa shape index (κ3) is 2.97. The molecule has 0 saturated carbocycles. The highest BCUT2D eigenvalue weighted by Gasteiger charge is 2.41. The number of nitrogens with one attached hydrogen (secondary N) is 1. The molecule has 5 nitrogen and oxygen atoms in total. The van der Waals surface area contributed by atoms with Crippen LogP contribution in [-0.4, -0.2) is 36.1 Å². The fourth-order valence-electron chi connectivity index (χ4n) is 2.94. The molecule has 0 aromatic carbocycles. The van der Waals surface area contributed by atoms with Crippen molar-refractivity contribution in [2.45, 2.75) is 39.7 Å². The molecular weight excluding hydrogens is 242 g/mol. The van der Waals surface area contributed by atoms with Crippen LogP contribution in [0.4, 0.5) is 0 Å². The van der Waals surface area contributed by atoms with Gasteiger partial charge in [-0.25, -0.2) is 0 Å². The van der Waals surface area contributed by atoms with E-state index in [-0.39, 0.29) is 11.3 Å². The van der Waals surface area contributed by atoms with E-state index in [4.69, 9.17) is 4.52 Å². The van der Waals surface area contributed by atoms with E-state index in [9.17, 15) is 4.79 Å². The summed E-state index contributed by atoms with van der Waals surface area (Å²) in [6.45, 7) is 6.23. The number of amides is 1. The maximum Gasteiger partial charge on any atom is 0.230 e. The van der Waals surface area contributed by atoms with Crippen LogP contribution in [0.25, 0.3) is 0 Å². The third-order valence-corrected chi connectivity index (χ3v) is 3.85. The normalized spacial score (nSPS) is 22.7. The fourth-order valence-corrected chi connectivity index (χ4v) is 2.94. The minimum atomic E-state index is -0.220. The molecular formula is C14H23N3O2. The van der Waals surface area contributed by atoms with Gasteiger partial charge in [0.2, 0.25) is 5.91 Å². The molecule has 0 bridgehead atoms. The number of carbonyl (C=O) groups excluding carboxylic acids is 1. The second-order valence-corrected chi connectivity index (χ2v) is 5.55. The van der Waals surface area contributed by atoms with Gasteiger partial charge in [0, 0.05) is 19.7 Å². The summed E-state index contributed by atoms with van der Waals surface area (Å²) in [4.78, 5) is 14.5. The smallest absolute Gasteiger partial charge is 0.230 e. The van der Waals surface area contributed by atoms with Crippen molar-refractivity contribution in [1.29, 1.82) is 0 Å². The van der Waals surface area contributed by atoms with Crippen molar-refractivity contribution in [2.24, 2.45) is 5.41 Å². The molecule has 1 atom stereocenters. The summed E-state index contributed by atoms with van der Waals surface area (Å²) in [5.41, 5.74) is 0.591. The second kappa shape index (κ2) is 5.74. The number of aromatic nitrogens is 1. The predicted molar refractivity (Wildman–Crippen MR) is 72.5 cm³/mol. The number of aryl methyl sites for hydroxylation is 1. The fraction of sp³-hybridized carbons (Fsp3) is 0.714. The zero-order chi connectivity index (χ0) is 13.9. The first-order chi connectivity index (χ1) is 9.07. The van der Waals surface area contributed by atoms with Crippen LogP contribution in [0.5, 0.6) is 0 Å². The van der Waals surface area contributed by atoms with E-state index >= 15 is 0 Å². The van der Waals surface area contributed by atoms with Gasteiger partial charge < -0.3 is 14.7 Å². The zero-order valence-corrected chi connectivity index (χ0v) is 12.0.